The number of Topliss-reactive ketones (excluding diaryl/α,β-unsaturated/α-hetero) is 1. The third kappa shape index (κ3) is 5.05. The highest BCUT2D eigenvalue weighted by atomic mass is 32.1. The molecule has 3 amide bonds. The van der Waals surface area contributed by atoms with Crippen molar-refractivity contribution < 1.29 is 27.6 Å². The van der Waals surface area contributed by atoms with Gasteiger partial charge in [0.25, 0.3) is 5.91 Å². The number of benzene rings is 1. The molecule has 10 heteroatoms. The molecule has 1 aromatic heterocycles. The van der Waals surface area contributed by atoms with Gasteiger partial charge in [-0.05, 0) is 68.0 Å². The van der Waals surface area contributed by atoms with E-state index in [4.69, 9.17) is 0 Å². The Morgan fingerprint density at radius 2 is 1.48 bits per heavy atom. The second kappa shape index (κ2) is 8.81. The van der Waals surface area contributed by atoms with Crippen molar-refractivity contribution in [3.05, 3.63) is 51.7 Å². The smallest absolute Gasteiger partial charge is 0.338 e. The summed E-state index contributed by atoms with van der Waals surface area (Å²) in [5, 5.41) is 2.67. The van der Waals surface area contributed by atoms with E-state index in [1.165, 1.54) is 30.4 Å². The number of halogens is 3. The van der Waals surface area contributed by atoms with Crippen LogP contribution in [0.2, 0.25) is 0 Å². The summed E-state index contributed by atoms with van der Waals surface area (Å²) < 4.78 is 38.1. The third-order valence-corrected chi connectivity index (χ3v) is 7.64. The fourth-order valence-corrected chi connectivity index (χ4v) is 5.31. The zero-order valence-electron chi connectivity index (χ0n) is 18.1. The molecule has 0 aliphatic carbocycles. The number of urea groups is 1. The summed E-state index contributed by atoms with van der Waals surface area (Å²) in [7, 11) is 0. The SMILES string of the molecule is CC(=O)c1ccc(C(=O)N2CCC3(CCN(C(=O)Nc4ccc(C(F)(F)F)cc4)C3)CC2)s1. The van der Waals surface area contributed by atoms with Gasteiger partial charge in [0.1, 0.15) is 0 Å². The van der Waals surface area contributed by atoms with Crippen molar-refractivity contribution >= 4 is 34.7 Å². The predicted octanol–water partition coefficient (Wildman–Crippen LogP) is 5.13. The highest BCUT2D eigenvalue weighted by Gasteiger charge is 2.43. The second-order valence-electron chi connectivity index (χ2n) is 8.69. The van der Waals surface area contributed by atoms with Crippen molar-refractivity contribution in [1.29, 1.82) is 0 Å². The van der Waals surface area contributed by atoms with Gasteiger partial charge in [-0.1, -0.05) is 0 Å². The molecule has 2 aromatic rings. The van der Waals surface area contributed by atoms with Crippen molar-refractivity contribution in [1.82, 2.24) is 9.80 Å². The van der Waals surface area contributed by atoms with Crippen LogP contribution in [0.3, 0.4) is 0 Å². The van der Waals surface area contributed by atoms with Gasteiger partial charge >= 0.3 is 12.2 Å². The summed E-state index contributed by atoms with van der Waals surface area (Å²) in [6, 6.07) is 7.42. The van der Waals surface area contributed by atoms with Gasteiger partial charge in [0.2, 0.25) is 0 Å². The molecular formula is C23H24F3N3O3S. The van der Waals surface area contributed by atoms with Crippen LogP contribution in [0.4, 0.5) is 23.7 Å². The Morgan fingerprint density at radius 1 is 0.909 bits per heavy atom. The molecule has 0 saturated carbocycles. The highest BCUT2D eigenvalue weighted by Crippen LogP contribution is 2.41. The van der Waals surface area contributed by atoms with Crippen LogP contribution in [0, 0.1) is 5.41 Å². The summed E-state index contributed by atoms with van der Waals surface area (Å²) in [4.78, 5) is 41.5. The van der Waals surface area contributed by atoms with Crippen molar-refractivity contribution in [3.63, 3.8) is 0 Å². The van der Waals surface area contributed by atoms with Crippen LogP contribution < -0.4 is 5.32 Å². The van der Waals surface area contributed by atoms with E-state index in [1.54, 1.807) is 21.9 Å². The minimum Gasteiger partial charge on any atom is -0.338 e. The maximum Gasteiger partial charge on any atom is 0.416 e. The van der Waals surface area contributed by atoms with E-state index in [0.717, 1.165) is 31.4 Å². The first-order chi connectivity index (χ1) is 15.6. The predicted molar refractivity (Wildman–Crippen MR) is 119 cm³/mol. The van der Waals surface area contributed by atoms with Gasteiger partial charge in [-0.2, -0.15) is 13.2 Å². The zero-order chi connectivity index (χ0) is 23.8. The van der Waals surface area contributed by atoms with Crippen LogP contribution in [0.25, 0.3) is 0 Å². The van der Waals surface area contributed by atoms with Gasteiger partial charge in [-0.25, -0.2) is 4.79 Å². The molecule has 1 N–H and O–H groups in total. The van der Waals surface area contributed by atoms with E-state index >= 15 is 0 Å². The minimum absolute atomic E-state index is 0.0581. The Kier molecular flexibility index (Phi) is 6.22. The summed E-state index contributed by atoms with van der Waals surface area (Å²) >= 11 is 1.21. The van der Waals surface area contributed by atoms with Gasteiger partial charge in [-0.3, -0.25) is 9.59 Å². The maximum absolute atomic E-state index is 12.8. The Labute approximate surface area is 193 Å². The lowest BCUT2D eigenvalue weighted by Crippen LogP contribution is -2.44. The van der Waals surface area contributed by atoms with Crippen molar-refractivity contribution in [2.24, 2.45) is 5.41 Å². The number of anilines is 1. The van der Waals surface area contributed by atoms with Gasteiger partial charge < -0.3 is 15.1 Å². The summed E-state index contributed by atoms with van der Waals surface area (Å²) in [6.07, 6.45) is -2.05. The van der Waals surface area contributed by atoms with Crippen LogP contribution in [0.1, 0.15) is 51.1 Å². The lowest BCUT2D eigenvalue weighted by Gasteiger charge is -2.39. The topological polar surface area (TPSA) is 69.7 Å². The molecule has 176 valence electrons. The first-order valence-electron chi connectivity index (χ1n) is 10.7. The number of rotatable bonds is 3. The molecule has 6 nitrogen and oxygen atoms in total. The number of hydrogen-bond donors (Lipinski definition) is 1. The van der Waals surface area contributed by atoms with Gasteiger partial charge in [0.05, 0.1) is 15.3 Å². The lowest BCUT2D eigenvalue weighted by molar-refractivity contribution is -0.137. The van der Waals surface area contributed by atoms with Crippen LogP contribution in [0.5, 0.6) is 0 Å². The number of nitrogens with one attached hydrogen (secondary N) is 1. The molecule has 2 saturated heterocycles. The van der Waals surface area contributed by atoms with Crippen LogP contribution in [-0.4, -0.2) is 53.7 Å². The largest absolute Gasteiger partial charge is 0.416 e. The van der Waals surface area contributed by atoms with E-state index in [9.17, 15) is 27.6 Å². The molecule has 0 bridgehead atoms. The van der Waals surface area contributed by atoms with Gasteiger partial charge in [-0.15, -0.1) is 11.3 Å². The number of ketones is 1. The maximum atomic E-state index is 12.8. The standard InChI is InChI=1S/C23H24F3N3O3S/c1-15(30)18-6-7-19(33-18)20(31)28-11-8-22(9-12-28)10-13-29(14-22)21(32)27-17-4-2-16(3-5-17)23(24,25)26/h2-7H,8-14H2,1H3,(H,27,32). The molecule has 2 fully saturated rings. The van der Waals surface area contributed by atoms with Crippen LogP contribution in [0.15, 0.2) is 36.4 Å². The molecular weight excluding hydrogens is 455 g/mol. The second-order valence-corrected chi connectivity index (χ2v) is 9.77. The molecule has 1 aromatic carbocycles. The third-order valence-electron chi connectivity index (χ3n) is 6.46. The summed E-state index contributed by atoms with van der Waals surface area (Å²) in [6.45, 7) is 3.76. The number of hydrogen-bond acceptors (Lipinski definition) is 4. The number of nitrogens with zero attached hydrogens (tertiary/aromatic N) is 2. The van der Waals surface area contributed by atoms with Crippen molar-refractivity contribution in [3.8, 4) is 0 Å². The number of thiophene rings is 1. The fourth-order valence-electron chi connectivity index (χ4n) is 4.44. The molecule has 33 heavy (non-hydrogen) atoms. The van der Waals surface area contributed by atoms with E-state index in [0.29, 0.717) is 41.6 Å². The number of amides is 3. The molecule has 2 aliphatic heterocycles. The number of carbonyl (C=O) groups is 3. The minimum atomic E-state index is -4.42. The van der Waals surface area contributed by atoms with Crippen molar-refractivity contribution in [2.75, 3.05) is 31.5 Å². The summed E-state index contributed by atoms with van der Waals surface area (Å²) in [5.74, 6) is -0.130. The highest BCUT2D eigenvalue weighted by molar-refractivity contribution is 7.15. The number of likely N-dealkylation sites (tertiary alicyclic amines) is 2. The Balaban J connectivity index is 1.31. The molecule has 0 radical (unpaired) electrons. The molecule has 4 rings (SSSR count). The summed E-state index contributed by atoms with van der Waals surface area (Å²) in [5.41, 5.74) is -0.508. The van der Waals surface area contributed by atoms with E-state index in [2.05, 4.69) is 5.32 Å². The number of carbonyl (C=O) groups excluding carboxylic acids is 3. The normalized spacial score (nSPS) is 17.9. The monoisotopic (exact) mass is 479 g/mol. The first kappa shape index (κ1) is 23.3. The fraction of sp³-hybridized carbons (Fsp3) is 0.435. The van der Waals surface area contributed by atoms with E-state index < -0.39 is 11.7 Å². The number of piperidine rings is 1. The Morgan fingerprint density at radius 3 is 2.03 bits per heavy atom. The molecule has 2 aliphatic rings. The number of alkyl halides is 3. The molecule has 0 atom stereocenters. The van der Waals surface area contributed by atoms with E-state index in [1.807, 2.05) is 0 Å². The van der Waals surface area contributed by atoms with Gasteiger partial charge in [0, 0.05) is 31.9 Å². The van der Waals surface area contributed by atoms with Crippen LogP contribution in [-0.2, 0) is 6.18 Å². The average molecular weight is 480 g/mol. The lowest BCUT2D eigenvalue weighted by atomic mass is 9.78. The van der Waals surface area contributed by atoms with Crippen molar-refractivity contribution in [2.45, 2.75) is 32.4 Å². The van der Waals surface area contributed by atoms with E-state index in [-0.39, 0.29) is 23.1 Å². The molecule has 3 heterocycles. The quantitative estimate of drug-likeness (QED) is 0.621. The van der Waals surface area contributed by atoms with Crippen LogP contribution >= 0.6 is 11.3 Å². The Hall–Kier alpha value is -2.88. The van der Waals surface area contributed by atoms with Gasteiger partial charge in [0.15, 0.2) is 5.78 Å². The molecule has 1 spiro atoms. The average Bonchev–Trinajstić information content (AvgIpc) is 3.42. The first-order valence-corrected chi connectivity index (χ1v) is 11.5. The Bertz CT molecular complexity index is 1060. The zero-order valence-corrected chi connectivity index (χ0v) is 18.9. The molecule has 0 unspecified atom stereocenters.